The molecule has 10 heavy (non-hydrogen) atoms. The molecule has 0 aromatic carbocycles. The van der Waals surface area contributed by atoms with Gasteiger partial charge in [-0.2, -0.15) is 0 Å². The van der Waals surface area contributed by atoms with Crippen LogP contribution in [-0.4, -0.2) is 12.7 Å². The molecule has 0 aromatic heterocycles. The summed E-state index contributed by atoms with van der Waals surface area (Å²) in [4.78, 5) is 3.26. The first-order valence-electron chi connectivity index (χ1n) is 3.81. The molecule has 0 spiro atoms. The lowest BCUT2D eigenvalue weighted by Gasteiger charge is -2.06. The van der Waals surface area contributed by atoms with Gasteiger partial charge in [-0.3, -0.25) is 0 Å². The zero-order chi connectivity index (χ0) is 7.40. The number of halogens is 1. The average molecular weight is 141 g/mol. The van der Waals surface area contributed by atoms with Crippen molar-refractivity contribution in [3.8, 4) is 0 Å². The summed E-state index contributed by atoms with van der Waals surface area (Å²) in [6.07, 6.45) is 4.52. The monoisotopic (exact) mass is 141 g/mol. The van der Waals surface area contributed by atoms with E-state index in [0.29, 0.717) is 5.92 Å². The Kier molecular flexibility index (Phi) is 2.68. The molecule has 1 aliphatic rings. The molecule has 1 atom stereocenters. The third-order valence-corrected chi connectivity index (χ3v) is 2.27. The Morgan fingerprint density at radius 2 is 2.10 bits per heavy atom. The van der Waals surface area contributed by atoms with Crippen LogP contribution in [0.1, 0.15) is 25.7 Å². The first-order valence-corrected chi connectivity index (χ1v) is 3.81. The lowest BCUT2D eigenvalue weighted by atomic mass is 10.0. The van der Waals surface area contributed by atoms with Crippen molar-refractivity contribution in [3.63, 3.8) is 0 Å². The van der Waals surface area contributed by atoms with Gasteiger partial charge < -0.3 is 4.85 Å². The Morgan fingerprint density at radius 3 is 2.50 bits per heavy atom. The van der Waals surface area contributed by atoms with Crippen LogP contribution in [0.15, 0.2) is 0 Å². The normalized spacial score (nSPS) is 22.4. The summed E-state index contributed by atoms with van der Waals surface area (Å²) in [5.74, 6) is 0.363. The van der Waals surface area contributed by atoms with E-state index in [0.717, 1.165) is 12.8 Å². The second-order valence-electron chi connectivity index (χ2n) is 2.90. The van der Waals surface area contributed by atoms with E-state index in [9.17, 15) is 4.39 Å². The molecule has 0 heterocycles. The van der Waals surface area contributed by atoms with Gasteiger partial charge in [0.05, 0.1) is 0 Å². The zero-order valence-corrected chi connectivity index (χ0v) is 6.02. The third-order valence-electron chi connectivity index (χ3n) is 2.27. The topological polar surface area (TPSA) is 4.36 Å². The summed E-state index contributed by atoms with van der Waals surface area (Å²) in [7, 11) is 0. The first-order chi connectivity index (χ1) is 4.88. The summed E-state index contributed by atoms with van der Waals surface area (Å²) < 4.78 is 12.1. The van der Waals surface area contributed by atoms with Crippen molar-refractivity contribution in [2.45, 2.75) is 31.7 Å². The molecule has 1 saturated carbocycles. The van der Waals surface area contributed by atoms with Crippen molar-refractivity contribution in [1.29, 1.82) is 0 Å². The van der Waals surface area contributed by atoms with Gasteiger partial charge in [0.25, 0.3) is 6.04 Å². The molecule has 0 radical (unpaired) electrons. The van der Waals surface area contributed by atoms with Crippen LogP contribution in [0.5, 0.6) is 0 Å². The summed E-state index contributed by atoms with van der Waals surface area (Å²) in [5, 5.41) is 0. The van der Waals surface area contributed by atoms with E-state index in [1.807, 2.05) is 0 Å². The van der Waals surface area contributed by atoms with Gasteiger partial charge in [0, 0.05) is 5.92 Å². The molecule has 0 N–H and O–H groups in total. The molecule has 56 valence electrons. The van der Waals surface area contributed by atoms with Crippen LogP contribution < -0.4 is 0 Å². The second kappa shape index (κ2) is 3.55. The van der Waals surface area contributed by atoms with Crippen molar-refractivity contribution in [2.75, 3.05) is 6.67 Å². The van der Waals surface area contributed by atoms with Gasteiger partial charge in [-0.05, 0) is 12.8 Å². The maximum Gasteiger partial charge on any atom is 0.254 e. The maximum atomic E-state index is 12.1. The van der Waals surface area contributed by atoms with Crippen molar-refractivity contribution in [1.82, 2.24) is 0 Å². The van der Waals surface area contributed by atoms with Crippen molar-refractivity contribution < 1.29 is 4.39 Å². The largest absolute Gasteiger partial charge is 0.310 e. The van der Waals surface area contributed by atoms with Gasteiger partial charge in [-0.25, -0.2) is 11.0 Å². The molecule has 1 fully saturated rings. The molecule has 1 rings (SSSR count). The van der Waals surface area contributed by atoms with E-state index in [1.165, 1.54) is 12.8 Å². The predicted octanol–water partition coefficient (Wildman–Crippen LogP) is 2.43. The van der Waals surface area contributed by atoms with Gasteiger partial charge in [-0.1, -0.05) is 12.8 Å². The molecule has 0 aliphatic heterocycles. The van der Waals surface area contributed by atoms with Gasteiger partial charge in [-0.15, -0.1) is 0 Å². The van der Waals surface area contributed by atoms with Crippen molar-refractivity contribution >= 4 is 0 Å². The number of hydrogen-bond donors (Lipinski definition) is 0. The molecule has 0 bridgehead atoms. The average Bonchev–Trinajstić information content (AvgIpc) is 2.43. The quantitative estimate of drug-likeness (QED) is 0.520. The van der Waals surface area contributed by atoms with E-state index in [2.05, 4.69) is 4.85 Å². The minimum atomic E-state index is -0.450. The molecule has 1 unspecified atom stereocenters. The van der Waals surface area contributed by atoms with E-state index < -0.39 is 6.67 Å². The molecule has 0 saturated heterocycles. The summed E-state index contributed by atoms with van der Waals surface area (Å²) >= 11 is 0. The van der Waals surface area contributed by atoms with Crippen LogP contribution in [0, 0.1) is 12.5 Å². The Morgan fingerprint density at radius 1 is 1.50 bits per heavy atom. The van der Waals surface area contributed by atoms with Crippen molar-refractivity contribution in [2.24, 2.45) is 5.92 Å². The summed E-state index contributed by atoms with van der Waals surface area (Å²) in [6.45, 7) is 6.26. The Bertz CT molecular complexity index is 133. The lowest BCUT2D eigenvalue weighted by molar-refractivity contribution is 0.371. The first kappa shape index (κ1) is 7.53. The van der Waals surface area contributed by atoms with Crippen LogP contribution in [0.3, 0.4) is 0 Å². The highest BCUT2D eigenvalue weighted by atomic mass is 19.1. The third kappa shape index (κ3) is 1.47. The maximum absolute atomic E-state index is 12.1. The Hall–Kier alpha value is -0.580. The minimum Gasteiger partial charge on any atom is -0.310 e. The lowest BCUT2D eigenvalue weighted by Crippen LogP contribution is -2.15. The molecule has 2 heteroatoms. The predicted molar refractivity (Wildman–Crippen MR) is 38.3 cm³/mol. The van der Waals surface area contributed by atoms with E-state index in [1.54, 1.807) is 0 Å². The number of alkyl halides is 1. The van der Waals surface area contributed by atoms with Crippen LogP contribution in [-0.2, 0) is 0 Å². The van der Waals surface area contributed by atoms with E-state index in [4.69, 9.17) is 6.57 Å². The molecule has 1 aliphatic carbocycles. The highest BCUT2D eigenvalue weighted by molar-refractivity contribution is 4.87. The minimum absolute atomic E-state index is 0.331. The second-order valence-corrected chi connectivity index (χ2v) is 2.90. The Balaban J connectivity index is 2.38. The SMILES string of the molecule is [C-]#[N+]C(CF)C1CCCC1. The molecule has 0 amide bonds. The molecular weight excluding hydrogens is 129 g/mol. The Labute approximate surface area is 61.1 Å². The van der Waals surface area contributed by atoms with Gasteiger partial charge in [0.15, 0.2) is 6.67 Å². The number of rotatable bonds is 2. The van der Waals surface area contributed by atoms with Crippen LogP contribution >= 0.6 is 0 Å². The standard InChI is InChI=1S/C8H12FN/c1-10-8(6-9)7-4-2-3-5-7/h7-8H,2-6H2. The molecular formula is C8H12FN. The van der Waals surface area contributed by atoms with Crippen molar-refractivity contribution in [3.05, 3.63) is 11.4 Å². The zero-order valence-electron chi connectivity index (χ0n) is 6.02. The van der Waals surface area contributed by atoms with E-state index in [-0.39, 0.29) is 6.04 Å². The van der Waals surface area contributed by atoms with Gasteiger partial charge in [0.1, 0.15) is 0 Å². The van der Waals surface area contributed by atoms with Crippen LogP contribution in [0.4, 0.5) is 4.39 Å². The smallest absolute Gasteiger partial charge is 0.254 e. The number of hydrogen-bond acceptors (Lipinski definition) is 0. The fourth-order valence-corrected chi connectivity index (χ4v) is 1.61. The number of nitrogens with zero attached hydrogens (tertiary/aromatic N) is 1. The highest BCUT2D eigenvalue weighted by Crippen LogP contribution is 2.29. The van der Waals surface area contributed by atoms with Gasteiger partial charge in [0.2, 0.25) is 0 Å². The molecule has 1 nitrogen and oxygen atoms in total. The molecule has 0 aromatic rings. The van der Waals surface area contributed by atoms with E-state index >= 15 is 0 Å². The fourth-order valence-electron chi connectivity index (χ4n) is 1.61. The highest BCUT2D eigenvalue weighted by Gasteiger charge is 2.28. The fraction of sp³-hybridized carbons (Fsp3) is 0.875. The van der Waals surface area contributed by atoms with Crippen LogP contribution in [0.25, 0.3) is 4.85 Å². The van der Waals surface area contributed by atoms with Gasteiger partial charge >= 0.3 is 0 Å². The summed E-state index contributed by atoms with van der Waals surface area (Å²) in [6, 6.07) is -0.331. The van der Waals surface area contributed by atoms with Crippen LogP contribution in [0.2, 0.25) is 0 Å². The summed E-state index contributed by atoms with van der Waals surface area (Å²) in [5.41, 5.74) is 0.